The van der Waals surface area contributed by atoms with Crippen molar-refractivity contribution >= 4 is 0 Å². The van der Waals surface area contributed by atoms with Crippen LogP contribution in [0.15, 0.2) is 24.3 Å². The van der Waals surface area contributed by atoms with E-state index in [1.807, 2.05) is 12.1 Å². The van der Waals surface area contributed by atoms with Crippen LogP contribution in [0.5, 0.6) is 0 Å². The van der Waals surface area contributed by atoms with Crippen molar-refractivity contribution < 1.29 is 4.39 Å². The lowest BCUT2D eigenvalue weighted by Gasteiger charge is -2.32. The predicted octanol–water partition coefficient (Wildman–Crippen LogP) is 2.57. The standard InChI is InChI=1S/C14H21FN2/c1-11(12-5-7-13(15)8-6-12)16-14-4-3-9-17(2)10-14/h5-8,11,14,16H,3-4,9-10H2,1-2H3/t11-,14?/m0/s1. The molecule has 2 atom stereocenters. The lowest BCUT2D eigenvalue weighted by molar-refractivity contribution is 0.218. The lowest BCUT2D eigenvalue weighted by Crippen LogP contribution is -2.44. The van der Waals surface area contributed by atoms with E-state index in [-0.39, 0.29) is 11.9 Å². The first-order valence-electron chi connectivity index (χ1n) is 6.35. The van der Waals surface area contributed by atoms with Gasteiger partial charge in [-0.15, -0.1) is 0 Å². The zero-order valence-corrected chi connectivity index (χ0v) is 10.6. The fourth-order valence-corrected chi connectivity index (χ4v) is 2.50. The van der Waals surface area contributed by atoms with Crippen LogP contribution < -0.4 is 5.32 Å². The average Bonchev–Trinajstić information content (AvgIpc) is 2.29. The predicted molar refractivity (Wildman–Crippen MR) is 68.5 cm³/mol. The minimum absolute atomic E-state index is 0.168. The lowest BCUT2D eigenvalue weighted by atomic mass is 10.0. The van der Waals surface area contributed by atoms with Crippen LogP contribution in [0.3, 0.4) is 0 Å². The van der Waals surface area contributed by atoms with E-state index < -0.39 is 0 Å². The molecule has 1 fully saturated rings. The number of hydrogen-bond donors (Lipinski definition) is 1. The molecule has 0 aromatic heterocycles. The van der Waals surface area contributed by atoms with Gasteiger partial charge in [0.1, 0.15) is 5.82 Å². The first kappa shape index (κ1) is 12.5. The van der Waals surface area contributed by atoms with Gasteiger partial charge in [-0.1, -0.05) is 12.1 Å². The van der Waals surface area contributed by atoms with Crippen LogP contribution in [0.4, 0.5) is 4.39 Å². The molecule has 1 saturated heterocycles. The van der Waals surface area contributed by atoms with Crippen LogP contribution in [0.2, 0.25) is 0 Å². The van der Waals surface area contributed by atoms with Crippen LogP contribution in [0.1, 0.15) is 31.4 Å². The van der Waals surface area contributed by atoms with E-state index in [0.29, 0.717) is 6.04 Å². The fourth-order valence-electron chi connectivity index (χ4n) is 2.50. The Morgan fingerprint density at radius 2 is 2.06 bits per heavy atom. The molecule has 94 valence electrons. The van der Waals surface area contributed by atoms with E-state index in [9.17, 15) is 4.39 Å². The highest BCUT2D eigenvalue weighted by Crippen LogP contribution is 2.16. The average molecular weight is 236 g/mol. The van der Waals surface area contributed by atoms with Crippen molar-refractivity contribution in [2.75, 3.05) is 20.1 Å². The number of rotatable bonds is 3. The topological polar surface area (TPSA) is 15.3 Å². The summed E-state index contributed by atoms with van der Waals surface area (Å²) in [6.07, 6.45) is 2.49. The van der Waals surface area contributed by atoms with Gasteiger partial charge in [0.15, 0.2) is 0 Å². The van der Waals surface area contributed by atoms with Crippen LogP contribution in [0, 0.1) is 5.82 Å². The summed E-state index contributed by atoms with van der Waals surface area (Å²) in [5.74, 6) is -0.168. The summed E-state index contributed by atoms with van der Waals surface area (Å²) in [6, 6.07) is 7.61. The molecule has 0 amide bonds. The molecule has 0 bridgehead atoms. The van der Waals surface area contributed by atoms with Gasteiger partial charge in [-0.3, -0.25) is 0 Å². The molecule has 0 aliphatic carbocycles. The van der Waals surface area contributed by atoms with Crippen molar-refractivity contribution in [2.45, 2.75) is 31.8 Å². The number of halogens is 1. The Balaban J connectivity index is 1.91. The number of benzene rings is 1. The Hall–Kier alpha value is -0.930. The van der Waals surface area contributed by atoms with E-state index in [4.69, 9.17) is 0 Å². The summed E-state index contributed by atoms with van der Waals surface area (Å²) in [5, 5.41) is 3.62. The van der Waals surface area contributed by atoms with Crippen molar-refractivity contribution in [2.24, 2.45) is 0 Å². The molecule has 1 N–H and O–H groups in total. The van der Waals surface area contributed by atoms with E-state index in [0.717, 1.165) is 12.1 Å². The first-order chi connectivity index (χ1) is 8.15. The Bertz CT molecular complexity index is 350. The van der Waals surface area contributed by atoms with Crippen molar-refractivity contribution in [3.63, 3.8) is 0 Å². The van der Waals surface area contributed by atoms with Gasteiger partial charge in [-0.25, -0.2) is 4.39 Å². The van der Waals surface area contributed by atoms with Gasteiger partial charge >= 0.3 is 0 Å². The zero-order chi connectivity index (χ0) is 12.3. The quantitative estimate of drug-likeness (QED) is 0.867. The molecular weight excluding hydrogens is 215 g/mol. The molecule has 1 aromatic carbocycles. The normalized spacial score (nSPS) is 23.6. The summed E-state index contributed by atoms with van der Waals surface area (Å²) in [4.78, 5) is 2.36. The van der Waals surface area contributed by atoms with Gasteiger partial charge < -0.3 is 10.2 Å². The minimum Gasteiger partial charge on any atom is -0.306 e. The van der Waals surface area contributed by atoms with Crippen LogP contribution in [0.25, 0.3) is 0 Å². The molecule has 1 aliphatic heterocycles. The summed E-state index contributed by atoms with van der Waals surface area (Å²) in [5.41, 5.74) is 1.15. The highest BCUT2D eigenvalue weighted by atomic mass is 19.1. The van der Waals surface area contributed by atoms with Crippen molar-refractivity contribution in [1.29, 1.82) is 0 Å². The molecule has 2 nitrogen and oxygen atoms in total. The van der Waals surface area contributed by atoms with Crippen LogP contribution >= 0.6 is 0 Å². The molecule has 17 heavy (non-hydrogen) atoms. The third-order valence-corrected chi connectivity index (χ3v) is 3.48. The fraction of sp³-hybridized carbons (Fsp3) is 0.571. The van der Waals surface area contributed by atoms with Gasteiger partial charge in [0.05, 0.1) is 0 Å². The summed E-state index contributed by atoms with van der Waals surface area (Å²) in [7, 11) is 2.16. The molecular formula is C14H21FN2. The Morgan fingerprint density at radius 3 is 2.71 bits per heavy atom. The van der Waals surface area contributed by atoms with Crippen LogP contribution in [-0.4, -0.2) is 31.1 Å². The van der Waals surface area contributed by atoms with E-state index >= 15 is 0 Å². The Labute approximate surface area is 103 Å². The van der Waals surface area contributed by atoms with Crippen LogP contribution in [-0.2, 0) is 0 Å². The second-order valence-corrected chi connectivity index (χ2v) is 5.04. The molecule has 3 heteroatoms. The van der Waals surface area contributed by atoms with Crippen molar-refractivity contribution in [3.8, 4) is 0 Å². The molecule has 1 aliphatic rings. The van der Waals surface area contributed by atoms with Gasteiger partial charge in [-0.2, -0.15) is 0 Å². The second-order valence-electron chi connectivity index (χ2n) is 5.04. The summed E-state index contributed by atoms with van der Waals surface area (Å²) >= 11 is 0. The highest BCUT2D eigenvalue weighted by Gasteiger charge is 2.19. The summed E-state index contributed by atoms with van der Waals surface area (Å²) in [6.45, 7) is 4.44. The summed E-state index contributed by atoms with van der Waals surface area (Å²) < 4.78 is 12.8. The maximum absolute atomic E-state index is 12.8. The first-order valence-corrected chi connectivity index (χ1v) is 6.35. The van der Waals surface area contributed by atoms with E-state index in [2.05, 4.69) is 24.2 Å². The monoisotopic (exact) mass is 236 g/mol. The van der Waals surface area contributed by atoms with E-state index in [1.54, 1.807) is 0 Å². The van der Waals surface area contributed by atoms with Crippen molar-refractivity contribution in [3.05, 3.63) is 35.6 Å². The molecule has 1 unspecified atom stereocenters. The molecule has 0 spiro atoms. The number of hydrogen-bond acceptors (Lipinski definition) is 2. The second kappa shape index (κ2) is 5.61. The number of likely N-dealkylation sites (tertiary alicyclic amines) is 1. The molecule has 2 rings (SSSR count). The Kier molecular flexibility index (Phi) is 4.13. The maximum atomic E-state index is 12.8. The third-order valence-electron chi connectivity index (χ3n) is 3.48. The van der Waals surface area contributed by atoms with Gasteiger partial charge in [0.2, 0.25) is 0 Å². The number of nitrogens with zero attached hydrogens (tertiary/aromatic N) is 1. The Morgan fingerprint density at radius 1 is 1.35 bits per heavy atom. The number of likely N-dealkylation sites (N-methyl/N-ethyl adjacent to an activating group) is 1. The maximum Gasteiger partial charge on any atom is 0.123 e. The SMILES string of the molecule is C[C@H](NC1CCCN(C)C1)c1ccc(F)cc1. The van der Waals surface area contributed by atoms with Crippen molar-refractivity contribution in [1.82, 2.24) is 10.2 Å². The molecule has 1 heterocycles. The number of nitrogens with one attached hydrogen (secondary N) is 1. The highest BCUT2D eigenvalue weighted by molar-refractivity contribution is 5.19. The van der Waals surface area contributed by atoms with Gasteiger partial charge in [0, 0.05) is 18.6 Å². The smallest absolute Gasteiger partial charge is 0.123 e. The zero-order valence-electron chi connectivity index (χ0n) is 10.6. The van der Waals surface area contributed by atoms with Gasteiger partial charge in [0.25, 0.3) is 0 Å². The van der Waals surface area contributed by atoms with E-state index in [1.165, 1.54) is 31.5 Å². The molecule has 0 saturated carbocycles. The minimum atomic E-state index is -0.168. The molecule has 0 radical (unpaired) electrons. The van der Waals surface area contributed by atoms with Gasteiger partial charge in [-0.05, 0) is 51.1 Å². The largest absolute Gasteiger partial charge is 0.306 e. The third kappa shape index (κ3) is 3.51. The molecule has 1 aromatic rings. The number of piperidine rings is 1.